The Morgan fingerprint density at radius 3 is 1.69 bits per heavy atom. The molecule has 49 heavy (non-hydrogen) atoms. The molecule has 2 heterocycles. The highest BCUT2D eigenvalue weighted by molar-refractivity contribution is 5.83. The summed E-state index contributed by atoms with van der Waals surface area (Å²) in [4.78, 5) is 0. The molecule has 1 unspecified atom stereocenters. The second-order valence-electron chi connectivity index (χ2n) is 14.2. The Kier molecular flexibility index (Phi) is 9.12. The van der Waals surface area contributed by atoms with Crippen LogP contribution >= 0.6 is 0 Å². The van der Waals surface area contributed by atoms with E-state index in [1.165, 1.54) is 79.7 Å². The van der Waals surface area contributed by atoms with Gasteiger partial charge in [0, 0.05) is 25.0 Å². The minimum atomic E-state index is 0.0354. The number of rotatable bonds is 10. The van der Waals surface area contributed by atoms with Crippen LogP contribution in [0.15, 0.2) is 140 Å². The van der Waals surface area contributed by atoms with Crippen LogP contribution in [0.5, 0.6) is 0 Å². The van der Waals surface area contributed by atoms with E-state index >= 15 is 0 Å². The standard InChI is InChI=1S/C48H50N/c1-6-10-17-35-23-25-37(26-24-35)42-31-41(36-18-12-11-13-19-36)32-43(33-42)39-21-16-20-38(30-39)40-27-28-45-44(34-40)46-22-14-15-29-49(46)48(8-3,9-4)47(45,5)7-2/h11-16,18-34H,6-10,17H2,1-5H3/q+1. The number of hydrogen-bond donors (Lipinski definition) is 0. The van der Waals surface area contributed by atoms with Crippen molar-refractivity contribution in [3.63, 3.8) is 0 Å². The molecule has 0 saturated heterocycles. The van der Waals surface area contributed by atoms with E-state index in [-0.39, 0.29) is 11.0 Å². The third-order valence-electron chi connectivity index (χ3n) is 11.8. The molecule has 0 spiro atoms. The van der Waals surface area contributed by atoms with Crippen molar-refractivity contribution in [3.8, 4) is 55.8 Å². The smallest absolute Gasteiger partial charge is 0.192 e. The van der Waals surface area contributed by atoms with Crippen LogP contribution in [-0.4, -0.2) is 0 Å². The molecule has 0 radical (unpaired) electrons. The summed E-state index contributed by atoms with van der Waals surface area (Å²) in [6.07, 6.45) is 9.22. The van der Waals surface area contributed by atoms with Crippen LogP contribution in [0.3, 0.4) is 0 Å². The quantitative estimate of drug-likeness (QED) is 0.131. The fraction of sp³-hybridized carbons (Fsp3) is 0.271. The predicted molar refractivity (Wildman–Crippen MR) is 209 cm³/mol. The maximum absolute atomic E-state index is 2.60. The molecular weight excluding hydrogens is 591 g/mol. The van der Waals surface area contributed by atoms with Gasteiger partial charge in [-0.25, -0.2) is 0 Å². The lowest BCUT2D eigenvalue weighted by molar-refractivity contribution is -0.769. The van der Waals surface area contributed by atoms with Crippen LogP contribution in [0.1, 0.15) is 77.8 Å². The van der Waals surface area contributed by atoms with E-state index in [0.29, 0.717) is 0 Å². The van der Waals surface area contributed by atoms with Crippen LogP contribution in [0, 0.1) is 0 Å². The summed E-state index contributed by atoms with van der Waals surface area (Å²) in [5.41, 5.74) is 15.6. The van der Waals surface area contributed by atoms with Gasteiger partial charge in [-0.05, 0) is 118 Å². The first kappa shape index (κ1) is 32.8. The number of fused-ring (bicyclic) bond motifs is 3. The Labute approximate surface area is 294 Å². The van der Waals surface area contributed by atoms with Crippen molar-refractivity contribution < 1.29 is 4.57 Å². The molecule has 1 aromatic heterocycles. The molecule has 1 aliphatic rings. The maximum atomic E-state index is 2.60. The summed E-state index contributed by atoms with van der Waals surface area (Å²) in [6.45, 7) is 11.9. The lowest BCUT2D eigenvalue weighted by Crippen LogP contribution is -2.68. The van der Waals surface area contributed by atoms with Crippen LogP contribution in [0.25, 0.3) is 55.8 Å². The minimum absolute atomic E-state index is 0.0354. The maximum Gasteiger partial charge on any atom is 0.213 e. The molecule has 0 aliphatic carbocycles. The number of benzene rings is 5. The van der Waals surface area contributed by atoms with Gasteiger partial charge in [-0.3, -0.25) is 0 Å². The van der Waals surface area contributed by atoms with Crippen molar-refractivity contribution in [1.82, 2.24) is 0 Å². The Balaban J connectivity index is 1.33. The van der Waals surface area contributed by atoms with E-state index in [2.05, 4.69) is 179 Å². The van der Waals surface area contributed by atoms with E-state index in [4.69, 9.17) is 0 Å². The zero-order chi connectivity index (χ0) is 34.0. The van der Waals surface area contributed by atoms with Gasteiger partial charge in [-0.1, -0.05) is 119 Å². The van der Waals surface area contributed by atoms with Crippen molar-refractivity contribution >= 4 is 0 Å². The Morgan fingerprint density at radius 2 is 1.04 bits per heavy atom. The Hall–Kier alpha value is -4.75. The summed E-state index contributed by atoms with van der Waals surface area (Å²) in [7, 11) is 0. The molecule has 1 nitrogen and oxygen atoms in total. The SMILES string of the molecule is CCCCc1ccc(-c2cc(-c3ccccc3)cc(-c3cccc(-c4ccc5c(c4)-c4cccc[n+]4C(CC)(CC)C5(C)CC)c3)c2)cc1. The summed E-state index contributed by atoms with van der Waals surface area (Å²) >= 11 is 0. The van der Waals surface area contributed by atoms with Gasteiger partial charge in [0.15, 0.2) is 11.7 Å². The van der Waals surface area contributed by atoms with Crippen LogP contribution in [0.2, 0.25) is 0 Å². The van der Waals surface area contributed by atoms with Gasteiger partial charge < -0.3 is 0 Å². The third-order valence-corrected chi connectivity index (χ3v) is 11.8. The average Bonchev–Trinajstić information content (AvgIpc) is 3.18. The zero-order valence-corrected chi connectivity index (χ0v) is 30.0. The van der Waals surface area contributed by atoms with E-state index in [1.807, 2.05) is 0 Å². The molecule has 7 rings (SSSR count). The summed E-state index contributed by atoms with van der Waals surface area (Å²) in [5, 5.41) is 0. The van der Waals surface area contributed by atoms with Gasteiger partial charge in [0.2, 0.25) is 5.69 Å². The lowest BCUT2D eigenvalue weighted by Gasteiger charge is -2.47. The highest BCUT2D eigenvalue weighted by Crippen LogP contribution is 2.51. The van der Waals surface area contributed by atoms with E-state index < -0.39 is 0 Å². The average molecular weight is 641 g/mol. The highest BCUT2D eigenvalue weighted by atomic mass is 15.1. The Morgan fingerprint density at radius 1 is 0.490 bits per heavy atom. The van der Waals surface area contributed by atoms with E-state index in [1.54, 1.807) is 0 Å². The van der Waals surface area contributed by atoms with Gasteiger partial charge in [-0.2, -0.15) is 4.57 Å². The molecule has 1 atom stereocenters. The first-order chi connectivity index (χ1) is 23.9. The zero-order valence-electron chi connectivity index (χ0n) is 30.0. The molecule has 5 aromatic carbocycles. The number of nitrogens with zero attached hydrogens (tertiary/aromatic N) is 1. The molecule has 0 N–H and O–H groups in total. The van der Waals surface area contributed by atoms with Gasteiger partial charge >= 0.3 is 0 Å². The molecular formula is C48H50N+. The predicted octanol–water partition coefficient (Wildman–Crippen LogP) is 12.8. The third kappa shape index (κ3) is 5.74. The van der Waals surface area contributed by atoms with Crippen LogP contribution in [-0.2, 0) is 17.4 Å². The lowest BCUT2D eigenvalue weighted by atomic mass is 9.58. The van der Waals surface area contributed by atoms with Crippen molar-refractivity contribution in [2.24, 2.45) is 0 Å². The van der Waals surface area contributed by atoms with Gasteiger partial charge in [-0.15, -0.1) is 0 Å². The molecule has 1 aliphatic heterocycles. The second kappa shape index (κ2) is 13.6. The fourth-order valence-corrected chi connectivity index (χ4v) is 8.74. The van der Waals surface area contributed by atoms with Crippen molar-refractivity contribution in [2.45, 2.75) is 84.1 Å². The Bertz CT molecular complexity index is 2070. The van der Waals surface area contributed by atoms with E-state index in [0.717, 1.165) is 25.7 Å². The monoisotopic (exact) mass is 640 g/mol. The number of pyridine rings is 1. The van der Waals surface area contributed by atoms with Gasteiger partial charge in [0.05, 0.1) is 11.0 Å². The highest BCUT2D eigenvalue weighted by Gasteiger charge is 2.58. The largest absolute Gasteiger partial charge is 0.213 e. The summed E-state index contributed by atoms with van der Waals surface area (Å²) < 4.78 is 2.60. The van der Waals surface area contributed by atoms with Crippen molar-refractivity contribution in [2.75, 3.05) is 0 Å². The molecule has 246 valence electrons. The fourth-order valence-electron chi connectivity index (χ4n) is 8.74. The van der Waals surface area contributed by atoms with Gasteiger partial charge in [0.25, 0.3) is 0 Å². The topological polar surface area (TPSA) is 3.88 Å². The van der Waals surface area contributed by atoms with Crippen molar-refractivity contribution in [1.29, 1.82) is 0 Å². The molecule has 0 fully saturated rings. The first-order valence-corrected chi connectivity index (χ1v) is 18.5. The number of aryl methyl sites for hydroxylation is 1. The van der Waals surface area contributed by atoms with Crippen LogP contribution < -0.4 is 4.57 Å². The number of hydrogen-bond acceptors (Lipinski definition) is 0. The molecule has 6 aromatic rings. The molecule has 0 amide bonds. The summed E-state index contributed by atoms with van der Waals surface area (Å²) in [6, 6.07) is 50.2. The number of unbranched alkanes of at least 4 members (excludes halogenated alkanes) is 1. The van der Waals surface area contributed by atoms with Gasteiger partial charge in [0.1, 0.15) is 0 Å². The first-order valence-electron chi connectivity index (χ1n) is 18.5. The normalized spacial score (nSPS) is 16.2. The van der Waals surface area contributed by atoms with E-state index in [9.17, 15) is 0 Å². The molecule has 0 bridgehead atoms. The number of aromatic nitrogens is 1. The molecule has 0 saturated carbocycles. The second-order valence-corrected chi connectivity index (χ2v) is 14.2. The minimum Gasteiger partial charge on any atom is -0.192 e. The summed E-state index contributed by atoms with van der Waals surface area (Å²) in [5.74, 6) is 0. The van der Waals surface area contributed by atoms with Crippen LogP contribution in [0.4, 0.5) is 0 Å². The van der Waals surface area contributed by atoms with Crippen molar-refractivity contribution in [3.05, 3.63) is 151 Å². The molecule has 1 heteroatoms.